The van der Waals surface area contributed by atoms with E-state index in [4.69, 9.17) is 43.9 Å². The average molecular weight is 747 g/mol. The summed E-state index contributed by atoms with van der Waals surface area (Å²) >= 11 is 0. The Morgan fingerprint density at radius 1 is 0.685 bits per heavy atom. The average Bonchev–Trinajstić information content (AvgIpc) is 3.57. The normalized spacial score (nSPS) is 11.0. The number of rotatable bonds is 19. The van der Waals surface area contributed by atoms with Crippen LogP contribution in [-0.2, 0) is 16.0 Å². The van der Waals surface area contributed by atoms with Crippen LogP contribution in [0.5, 0.6) is 28.7 Å². The zero-order valence-corrected chi connectivity index (χ0v) is 30.9. The first-order valence-corrected chi connectivity index (χ1v) is 17.1. The number of hydrogen-bond donors (Lipinski definition) is 2. The van der Waals surface area contributed by atoms with Gasteiger partial charge in [-0.05, 0) is 66.2 Å². The van der Waals surface area contributed by atoms with E-state index in [0.29, 0.717) is 96.2 Å². The van der Waals surface area contributed by atoms with Gasteiger partial charge in [0.15, 0.2) is 34.6 Å². The summed E-state index contributed by atoms with van der Waals surface area (Å²) in [5.74, 6) is 0.257. The molecule has 1 heterocycles. The molecule has 0 spiro atoms. The summed E-state index contributed by atoms with van der Waals surface area (Å²) in [7, 11) is 7.29. The van der Waals surface area contributed by atoms with Crippen molar-refractivity contribution in [2.45, 2.75) is 6.54 Å². The second-order valence-corrected chi connectivity index (χ2v) is 11.8. The van der Waals surface area contributed by atoms with E-state index >= 15 is 8.78 Å². The van der Waals surface area contributed by atoms with Crippen LogP contribution in [0.25, 0.3) is 33.9 Å². The molecule has 0 aliphatic heterocycles. The van der Waals surface area contributed by atoms with Crippen molar-refractivity contribution >= 4 is 5.91 Å². The van der Waals surface area contributed by atoms with Crippen molar-refractivity contribution in [1.29, 1.82) is 0 Å². The molecule has 0 saturated carbocycles. The number of halogens is 2. The van der Waals surface area contributed by atoms with Crippen LogP contribution in [0.2, 0.25) is 0 Å². The number of carbonyl (C=O) groups is 1. The molecule has 0 unspecified atom stereocenters. The van der Waals surface area contributed by atoms with Gasteiger partial charge in [0.2, 0.25) is 5.75 Å². The van der Waals surface area contributed by atoms with E-state index in [0.717, 1.165) is 5.56 Å². The molecule has 5 aromatic rings. The fraction of sp³-hybridized carbons (Fsp3) is 0.300. The number of aromatic nitrogens is 2. The zero-order valence-electron chi connectivity index (χ0n) is 30.9. The minimum atomic E-state index is -0.595. The van der Waals surface area contributed by atoms with Crippen LogP contribution in [0.15, 0.2) is 72.8 Å². The molecule has 4 aromatic carbocycles. The van der Waals surface area contributed by atoms with Crippen LogP contribution in [0, 0.1) is 11.6 Å². The molecule has 0 radical (unpaired) electrons. The predicted octanol–water partition coefficient (Wildman–Crippen LogP) is 5.98. The lowest BCUT2D eigenvalue weighted by Crippen LogP contribution is -2.27. The highest BCUT2D eigenvalue weighted by Gasteiger charge is 2.25. The number of hydrogen-bond acceptors (Lipinski definition) is 10. The maximum absolute atomic E-state index is 15.4. The van der Waals surface area contributed by atoms with Gasteiger partial charge >= 0.3 is 0 Å². The number of benzene rings is 4. The predicted molar refractivity (Wildman–Crippen MR) is 200 cm³/mol. The van der Waals surface area contributed by atoms with Gasteiger partial charge in [0.25, 0.3) is 5.91 Å². The van der Waals surface area contributed by atoms with E-state index in [2.05, 4.69) is 5.32 Å². The Morgan fingerprint density at radius 2 is 1.26 bits per heavy atom. The standard InChI is InChI=1S/C40H44F2N4O8/c1-48-32-12-10-27(20-30(32)41)36-37(28-11-13-33(49-2)31(42)21-28)46(39(45-36)29-22-34(50-3)38(52-5)35(23-29)51-4)24-25-6-8-26(9-7-25)40(47)44-15-17-54-19-18-53-16-14-43/h6-13,20-23H,14-19,24,43H2,1-5H3,(H,44,47). The minimum absolute atomic E-state index is 0.0589. The highest BCUT2D eigenvalue weighted by molar-refractivity contribution is 5.94. The van der Waals surface area contributed by atoms with Crippen molar-refractivity contribution in [1.82, 2.24) is 14.9 Å². The smallest absolute Gasteiger partial charge is 0.251 e. The zero-order chi connectivity index (χ0) is 38.6. The Bertz CT molecular complexity index is 2010. The van der Waals surface area contributed by atoms with Crippen LogP contribution in [-0.4, -0.2) is 90.5 Å². The third kappa shape index (κ3) is 9.08. The third-order valence-electron chi connectivity index (χ3n) is 8.46. The quantitative estimate of drug-likeness (QED) is 0.0973. The van der Waals surface area contributed by atoms with Crippen LogP contribution < -0.4 is 34.7 Å². The molecule has 0 atom stereocenters. The summed E-state index contributed by atoms with van der Waals surface area (Å²) in [6.45, 7) is 2.60. The fourth-order valence-corrected chi connectivity index (χ4v) is 5.85. The molecule has 0 saturated heterocycles. The Kier molecular flexibility index (Phi) is 13.8. The van der Waals surface area contributed by atoms with Gasteiger partial charge in [0.1, 0.15) is 5.82 Å². The van der Waals surface area contributed by atoms with Gasteiger partial charge in [-0.15, -0.1) is 0 Å². The molecular formula is C40H44F2N4O8. The van der Waals surface area contributed by atoms with Gasteiger partial charge in [-0.2, -0.15) is 0 Å². The van der Waals surface area contributed by atoms with Crippen LogP contribution in [0.3, 0.4) is 0 Å². The molecule has 0 bridgehead atoms. The molecule has 3 N–H and O–H groups in total. The Morgan fingerprint density at radius 3 is 1.81 bits per heavy atom. The lowest BCUT2D eigenvalue weighted by molar-refractivity contribution is 0.0511. The number of ether oxygens (including phenoxy) is 7. The summed E-state index contributed by atoms with van der Waals surface area (Å²) in [5.41, 5.74) is 8.95. The van der Waals surface area contributed by atoms with Gasteiger partial charge in [-0.25, -0.2) is 13.8 Å². The maximum atomic E-state index is 15.4. The summed E-state index contributed by atoms with van der Waals surface area (Å²) in [5, 5.41) is 2.85. The number of carbonyl (C=O) groups excluding carboxylic acids is 1. The first-order chi connectivity index (χ1) is 26.3. The first-order valence-electron chi connectivity index (χ1n) is 17.1. The van der Waals surface area contributed by atoms with Crippen LogP contribution in [0.1, 0.15) is 15.9 Å². The summed E-state index contributed by atoms with van der Waals surface area (Å²) in [4.78, 5) is 18.0. The Hall–Kier alpha value is -5.70. The SMILES string of the molecule is COc1ccc(-c2nc(-c3cc(OC)c(OC)c(OC)c3)n(Cc3ccc(C(=O)NCCOCCOCCN)cc3)c2-c2ccc(OC)c(F)c2)cc1F. The van der Waals surface area contributed by atoms with Crippen molar-refractivity contribution in [3.63, 3.8) is 0 Å². The van der Waals surface area contributed by atoms with Crippen LogP contribution >= 0.6 is 0 Å². The number of methoxy groups -OCH3 is 5. The third-order valence-corrected chi connectivity index (χ3v) is 8.46. The highest BCUT2D eigenvalue weighted by atomic mass is 19.1. The molecule has 1 amide bonds. The number of imidazole rings is 1. The molecule has 54 heavy (non-hydrogen) atoms. The molecule has 5 rings (SSSR count). The lowest BCUT2D eigenvalue weighted by Gasteiger charge is -2.17. The van der Waals surface area contributed by atoms with Crippen molar-refractivity contribution < 1.29 is 46.7 Å². The van der Waals surface area contributed by atoms with Gasteiger partial charge in [0.05, 0.1) is 73.4 Å². The van der Waals surface area contributed by atoms with E-state index in [1.807, 2.05) is 16.7 Å². The van der Waals surface area contributed by atoms with Crippen molar-refractivity contribution in [2.75, 3.05) is 75.1 Å². The van der Waals surface area contributed by atoms with Gasteiger partial charge in [-0.3, -0.25) is 4.79 Å². The number of nitrogens with zero attached hydrogens (tertiary/aromatic N) is 2. The molecule has 0 fully saturated rings. The van der Waals surface area contributed by atoms with Crippen molar-refractivity contribution in [3.05, 3.63) is 95.6 Å². The highest BCUT2D eigenvalue weighted by Crippen LogP contribution is 2.44. The Labute approximate surface area is 312 Å². The van der Waals surface area contributed by atoms with E-state index < -0.39 is 11.6 Å². The molecule has 286 valence electrons. The second kappa shape index (κ2) is 18.9. The van der Waals surface area contributed by atoms with Gasteiger partial charge < -0.3 is 48.8 Å². The number of nitrogens with one attached hydrogen (secondary N) is 1. The largest absolute Gasteiger partial charge is 0.494 e. The maximum Gasteiger partial charge on any atom is 0.251 e. The van der Waals surface area contributed by atoms with E-state index in [1.165, 1.54) is 59.8 Å². The summed E-state index contributed by atoms with van der Waals surface area (Å²) in [6.07, 6.45) is 0. The molecule has 1 aromatic heterocycles. The number of amides is 1. The summed E-state index contributed by atoms with van der Waals surface area (Å²) < 4.78 is 70.5. The van der Waals surface area contributed by atoms with Gasteiger partial charge in [0, 0.05) is 41.9 Å². The van der Waals surface area contributed by atoms with E-state index in [1.54, 1.807) is 36.4 Å². The molecule has 14 heteroatoms. The monoisotopic (exact) mass is 746 g/mol. The van der Waals surface area contributed by atoms with Gasteiger partial charge in [-0.1, -0.05) is 12.1 Å². The molecular weight excluding hydrogens is 702 g/mol. The Balaban J connectivity index is 1.59. The lowest BCUT2D eigenvalue weighted by atomic mass is 10.0. The van der Waals surface area contributed by atoms with E-state index in [-0.39, 0.29) is 24.0 Å². The van der Waals surface area contributed by atoms with E-state index in [9.17, 15) is 4.79 Å². The number of nitrogens with two attached hydrogens (primary N) is 1. The molecule has 12 nitrogen and oxygen atoms in total. The second-order valence-electron chi connectivity index (χ2n) is 11.8. The topological polar surface area (TPSA) is 138 Å². The van der Waals surface area contributed by atoms with Crippen molar-refractivity contribution in [2.24, 2.45) is 5.73 Å². The molecule has 0 aliphatic rings. The van der Waals surface area contributed by atoms with Crippen LogP contribution in [0.4, 0.5) is 8.78 Å². The van der Waals surface area contributed by atoms with Crippen molar-refractivity contribution in [3.8, 4) is 62.7 Å². The summed E-state index contributed by atoms with van der Waals surface area (Å²) in [6, 6.07) is 19.7. The fourth-order valence-electron chi connectivity index (χ4n) is 5.85. The minimum Gasteiger partial charge on any atom is -0.494 e. The molecule has 0 aliphatic carbocycles. The first kappa shape index (κ1) is 39.5.